The van der Waals surface area contributed by atoms with Crippen LogP contribution in [0.1, 0.15) is 45.3 Å². The van der Waals surface area contributed by atoms with Gasteiger partial charge in [-0.05, 0) is 18.8 Å². The van der Waals surface area contributed by atoms with Crippen LogP contribution in [0.2, 0.25) is 0 Å². The molecule has 1 fully saturated rings. The lowest BCUT2D eigenvalue weighted by atomic mass is 9.97. The fourth-order valence-electron chi connectivity index (χ4n) is 2.75. The van der Waals surface area contributed by atoms with E-state index >= 15 is 0 Å². The molecule has 0 radical (unpaired) electrons. The standard InChI is InChI=1S/C16H27F3N6O3S/c1-15(2,3)13-23-12(24-28-13)10-22-14(20-4)21-9-11-5-7-25(8-6-11)29(26,27)16(17,18)19/h11H,5-10H2,1-4H3,(H2,20,21,22). The third-order valence-electron chi connectivity index (χ3n) is 4.51. The summed E-state index contributed by atoms with van der Waals surface area (Å²) in [4.78, 5) is 8.39. The molecule has 2 N–H and O–H groups in total. The van der Waals surface area contributed by atoms with Crippen LogP contribution in [0.3, 0.4) is 0 Å². The van der Waals surface area contributed by atoms with Crippen LogP contribution in [0, 0.1) is 5.92 Å². The molecular weight excluding hydrogens is 413 g/mol. The molecule has 0 unspecified atom stereocenters. The van der Waals surface area contributed by atoms with Gasteiger partial charge in [0.25, 0.3) is 0 Å². The minimum absolute atomic E-state index is 0.0332. The summed E-state index contributed by atoms with van der Waals surface area (Å²) < 4.78 is 66.5. The van der Waals surface area contributed by atoms with Gasteiger partial charge in [0.05, 0.1) is 6.54 Å². The van der Waals surface area contributed by atoms with Crippen molar-refractivity contribution in [3.63, 3.8) is 0 Å². The fourth-order valence-corrected chi connectivity index (χ4v) is 3.74. The lowest BCUT2D eigenvalue weighted by molar-refractivity contribution is -0.0496. The lowest BCUT2D eigenvalue weighted by Crippen LogP contribution is -2.47. The van der Waals surface area contributed by atoms with E-state index in [9.17, 15) is 21.6 Å². The molecule has 166 valence electrons. The topological polar surface area (TPSA) is 113 Å². The van der Waals surface area contributed by atoms with Crippen LogP contribution in [0.4, 0.5) is 13.2 Å². The van der Waals surface area contributed by atoms with E-state index < -0.39 is 15.5 Å². The van der Waals surface area contributed by atoms with Crippen LogP contribution >= 0.6 is 0 Å². The highest BCUT2D eigenvalue weighted by molar-refractivity contribution is 7.90. The van der Waals surface area contributed by atoms with E-state index in [0.717, 1.165) is 0 Å². The highest BCUT2D eigenvalue weighted by Crippen LogP contribution is 2.30. The van der Waals surface area contributed by atoms with Gasteiger partial charge in [-0.15, -0.1) is 0 Å². The van der Waals surface area contributed by atoms with Crippen LogP contribution in [-0.2, 0) is 22.0 Å². The Morgan fingerprint density at radius 3 is 2.34 bits per heavy atom. The molecule has 0 bridgehead atoms. The van der Waals surface area contributed by atoms with E-state index in [0.29, 0.717) is 47.9 Å². The zero-order valence-corrected chi connectivity index (χ0v) is 17.7. The van der Waals surface area contributed by atoms with Crippen molar-refractivity contribution in [1.82, 2.24) is 25.1 Å². The van der Waals surface area contributed by atoms with Crippen molar-refractivity contribution >= 4 is 16.0 Å². The molecule has 13 heteroatoms. The summed E-state index contributed by atoms with van der Waals surface area (Å²) in [6, 6.07) is 0. The maximum atomic E-state index is 12.6. The Morgan fingerprint density at radius 2 is 1.86 bits per heavy atom. The van der Waals surface area contributed by atoms with Crippen LogP contribution in [0.25, 0.3) is 0 Å². The van der Waals surface area contributed by atoms with E-state index in [2.05, 4.69) is 25.8 Å². The zero-order valence-electron chi connectivity index (χ0n) is 16.9. The highest BCUT2D eigenvalue weighted by Gasteiger charge is 2.50. The van der Waals surface area contributed by atoms with Crippen molar-refractivity contribution in [1.29, 1.82) is 0 Å². The largest absolute Gasteiger partial charge is 0.511 e. The fraction of sp³-hybridized carbons (Fsp3) is 0.812. The number of aliphatic imine (C=N–C) groups is 1. The van der Waals surface area contributed by atoms with Crippen LogP contribution < -0.4 is 10.6 Å². The summed E-state index contributed by atoms with van der Waals surface area (Å²) in [5.41, 5.74) is -5.51. The van der Waals surface area contributed by atoms with Gasteiger partial charge in [0.2, 0.25) is 5.89 Å². The van der Waals surface area contributed by atoms with Gasteiger partial charge in [-0.1, -0.05) is 25.9 Å². The van der Waals surface area contributed by atoms with Crippen molar-refractivity contribution in [2.24, 2.45) is 10.9 Å². The second kappa shape index (κ2) is 8.86. The van der Waals surface area contributed by atoms with Gasteiger partial charge in [-0.2, -0.15) is 22.5 Å². The summed E-state index contributed by atoms with van der Waals surface area (Å²) in [5.74, 6) is 1.52. The molecule has 0 aromatic carbocycles. The van der Waals surface area contributed by atoms with E-state index in [1.807, 2.05) is 20.8 Å². The number of hydrogen-bond acceptors (Lipinski definition) is 6. The molecule has 1 aromatic heterocycles. The van der Waals surface area contributed by atoms with Crippen molar-refractivity contribution in [2.45, 2.75) is 51.1 Å². The number of aromatic nitrogens is 2. The van der Waals surface area contributed by atoms with Gasteiger partial charge in [0.15, 0.2) is 11.8 Å². The first-order valence-electron chi connectivity index (χ1n) is 9.18. The Hall–Kier alpha value is -1.89. The van der Waals surface area contributed by atoms with Crippen LogP contribution in [0.5, 0.6) is 0 Å². The molecule has 0 spiro atoms. The average Bonchev–Trinajstić information content (AvgIpc) is 3.11. The van der Waals surface area contributed by atoms with E-state index in [4.69, 9.17) is 4.52 Å². The Labute approximate surface area is 168 Å². The molecule has 0 atom stereocenters. The summed E-state index contributed by atoms with van der Waals surface area (Å²) in [6.45, 7) is 6.33. The molecule has 0 aliphatic carbocycles. The van der Waals surface area contributed by atoms with Gasteiger partial charge >= 0.3 is 15.5 Å². The number of nitrogens with zero attached hydrogens (tertiary/aromatic N) is 4. The second-order valence-corrected chi connectivity index (χ2v) is 9.80. The van der Waals surface area contributed by atoms with Crippen LogP contribution in [-0.4, -0.2) is 61.0 Å². The van der Waals surface area contributed by atoms with Crippen molar-refractivity contribution in [3.05, 3.63) is 11.7 Å². The molecule has 1 saturated heterocycles. The average molecular weight is 440 g/mol. The maximum Gasteiger partial charge on any atom is 0.511 e. The van der Waals surface area contributed by atoms with E-state index in [1.54, 1.807) is 7.05 Å². The quantitative estimate of drug-likeness (QED) is 0.528. The van der Waals surface area contributed by atoms with E-state index in [1.165, 1.54) is 0 Å². The number of nitrogens with one attached hydrogen (secondary N) is 2. The Kier molecular flexibility index (Phi) is 7.14. The Morgan fingerprint density at radius 1 is 1.24 bits per heavy atom. The van der Waals surface area contributed by atoms with Gasteiger partial charge in [0.1, 0.15) is 0 Å². The molecule has 0 saturated carbocycles. The SMILES string of the molecule is CN=C(NCc1noc(C(C)(C)C)n1)NCC1CCN(S(=O)(=O)C(F)(F)F)CC1. The van der Waals surface area contributed by atoms with Gasteiger partial charge in [-0.25, -0.2) is 8.42 Å². The smallest absolute Gasteiger partial charge is 0.356 e. The first-order valence-corrected chi connectivity index (χ1v) is 10.6. The van der Waals surface area contributed by atoms with Gasteiger partial charge in [-0.3, -0.25) is 4.99 Å². The van der Waals surface area contributed by atoms with Gasteiger partial charge in [0, 0.05) is 32.1 Å². The first-order chi connectivity index (χ1) is 13.3. The molecule has 2 heterocycles. The molecule has 9 nitrogen and oxygen atoms in total. The molecule has 1 aromatic rings. The molecular formula is C16H27F3N6O3S. The number of halogens is 3. The summed E-state index contributed by atoms with van der Waals surface area (Å²) in [6.07, 6.45) is 0.665. The third kappa shape index (κ3) is 6.04. The molecule has 2 rings (SSSR count). The second-order valence-electron chi connectivity index (χ2n) is 7.87. The predicted molar refractivity (Wildman–Crippen MR) is 100 cm³/mol. The molecule has 1 aliphatic heterocycles. The third-order valence-corrected chi connectivity index (χ3v) is 6.14. The zero-order chi connectivity index (χ0) is 21.9. The van der Waals surface area contributed by atoms with Gasteiger partial charge < -0.3 is 15.2 Å². The summed E-state index contributed by atoms with van der Waals surface area (Å²) in [7, 11) is -3.66. The molecule has 1 aliphatic rings. The summed E-state index contributed by atoms with van der Waals surface area (Å²) >= 11 is 0. The minimum Gasteiger partial charge on any atom is -0.356 e. The highest BCUT2D eigenvalue weighted by atomic mass is 32.2. The minimum atomic E-state index is -5.26. The summed E-state index contributed by atoms with van der Waals surface area (Å²) in [5, 5.41) is 10.0. The lowest BCUT2D eigenvalue weighted by Gasteiger charge is -2.31. The van der Waals surface area contributed by atoms with Crippen molar-refractivity contribution < 1.29 is 26.1 Å². The normalized spacial score (nSPS) is 18.1. The number of sulfonamides is 1. The predicted octanol–water partition coefficient (Wildman–Crippen LogP) is 1.59. The number of alkyl halides is 3. The van der Waals surface area contributed by atoms with E-state index in [-0.39, 0.29) is 24.4 Å². The van der Waals surface area contributed by atoms with Crippen molar-refractivity contribution in [3.8, 4) is 0 Å². The maximum absolute atomic E-state index is 12.6. The number of rotatable bonds is 5. The molecule has 29 heavy (non-hydrogen) atoms. The Balaban J connectivity index is 1.79. The monoisotopic (exact) mass is 440 g/mol. The number of hydrogen-bond donors (Lipinski definition) is 2. The van der Waals surface area contributed by atoms with Crippen molar-refractivity contribution in [2.75, 3.05) is 26.7 Å². The number of guanidine groups is 1. The molecule has 0 amide bonds. The van der Waals surface area contributed by atoms with Crippen LogP contribution in [0.15, 0.2) is 9.52 Å². The number of piperidine rings is 1. The Bertz CT molecular complexity index is 809. The first kappa shape index (κ1) is 23.4.